The second kappa shape index (κ2) is 10.3. The van der Waals surface area contributed by atoms with E-state index in [1.807, 2.05) is 0 Å². The molecular formula is C18H31NO5. The highest BCUT2D eigenvalue weighted by molar-refractivity contribution is 6.04. The molecule has 0 saturated heterocycles. The number of hydrogen-bond donors (Lipinski definition) is 1. The van der Waals surface area contributed by atoms with Crippen molar-refractivity contribution in [1.82, 2.24) is 0 Å². The van der Waals surface area contributed by atoms with Gasteiger partial charge in [0.05, 0.1) is 19.1 Å². The van der Waals surface area contributed by atoms with Crippen molar-refractivity contribution in [2.45, 2.75) is 71.6 Å². The smallest absolute Gasteiger partial charge is 0.324 e. The van der Waals surface area contributed by atoms with E-state index in [4.69, 9.17) is 15.2 Å². The monoisotopic (exact) mass is 341 g/mol. The van der Waals surface area contributed by atoms with E-state index in [0.29, 0.717) is 12.8 Å². The summed E-state index contributed by atoms with van der Waals surface area (Å²) in [5.74, 6) is -2.86. The molecule has 1 amide bonds. The molecule has 6 nitrogen and oxygen atoms in total. The summed E-state index contributed by atoms with van der Waals surface area (Å²) < 4.78 is 10.4. The first-order valence-corrected chi connectivity index (χ1v) is 9.14. The predicted octanol–water partition coefficient (Wildman–Crippen LogP) is 2.73. The maximum atomic E-state index is 12.8. The van der Waals surface area contributed by atoms with E-state index in [1.54, 1.807) is 13.8 Å². The van der Waals surface area contributed by atoms with Gasteiger partial charge in [-0.05, 0) is 26.7 Å². The standard InChI is InChI=1S/C18H31NO5/c1-3-23-16(21)18(17(22)24-4-2)13-11-9-7-5-6-8-10-12-14(18)15(19)20/h14H,3-13H2,1-2H3,(H2,19,20). The molecule has 24 heavy (non-hydrogen) atoms. The van der Waals surface area contributed by atoms with E-state index >= 15 is 0 Å². The highest BCUT2D eigenvalue weighted by Gasteiger charge is 2.56. The number of nitrogens with two attached hydrogens (primary N) is 1. The molecule has 0 bridgehead atoms. The number of rotatable bonds is 5. The van der Waals surface area contributed by atoms with Crippen molar-refractivity contribution in [3.63, 3.8) is 0 Å². The SMILES string of the molecule is CCOC(=O)C1(C(=O)OCC)CCCCCCCCCC1C(N)=O. The molecule has 0 heterocycles. The third-order valence-electron chi connectivity index (χ3n) is 4.78. The van der Waals surface area contributed by atoms with Gasteiger partial charge in [-0.2, -0.15) is 0 Å². The van der Waals surface area contributed by atoms with Crippen LogP contribution >= 0.6 is 0 Å². The lowest BCUT2D eigenvalue weighted by Crippen LogP contribution is -2.52. The number of amides is 1. The van der Waals surface area contributed by atoms with Crippen LogP contribution in [0.4, 0.5) is 0 Å². The summed E-state index contributed by atoms with van der Waals surface area (Å²) >= 11 is 0. The first kappa shape index (κ1) is 20.5. The van der Waals surface area contributed by atoms with Gasteiger partial charge in [0.25, 0.3) is 0 Å². The van der Waals surface area contributed by atoms with Crippen LogP contribution in [0.25, 0.3) is 0 Å². The molecule has 138 valence electrons. The highest BCUT2D eigenvalue weighted by atomic mass is 16.6. The number of hydrogen-bond acceptors (Lipinski definition) is 5. The normalized spacial score (nSPS) is 22.0. The number of primary amides is 1. The van der Waals surface area contributed by atoms with Crippen molar-refractivity contribution in [2.75, 3.05) is 13.2 Å². The lowest BCUT2D eigenvalue weighted by Gasteiger charge is -2.34. The van der Waals surface area contributed by atoms with Crippen LogP contribution < -0.4 is 5.73 Å². The zero-order valence-corrected chi connectivity index (χ0v) is 15.0. The Labute approximate surface area is 144 Å². The van der Waals surface area contributed by atoms with Gasteiger partial charge < -0.3 is 15.2 Å². The molecule has 0 aliphatic heterocycles. The van der Waals surface area contributed by atoms with Gasteiger partial charge in [-0.15, -0.1) is 0 Å². The molecule has 1 saturated carbocycles. The van der Waals surface area contributed by atoms with Crippen molar-refractivity contribution >= 4 is 17.8 Å². The lowest BCUT2D eigenvalue weighted by molar-refractivity contribution is -0.180. The Morgan fingerprint density at radius 2 is 1.33 bits per heavy atom. The summed E-state index contributed by atoms with van der Waals surface area (Å²) in [5, 5.41) is 0. The van der Waals surface area contributed by atoms with Gasteiger partial charge in [-0.1, -0.05) is 44.9 Å². The van der Waals surface area contributed by atoms with E-state index in [9.17, 15) is 14.4 Å². The van der Waals surface area contributed by atoms with E-state index in [0.717, 1.165) is 38.5 Å². The average Bonchev–Trinajstić information content (AvgIpc) is 2.58. The summed E-state index contributed by atoms with van der Waals surface area (Å²) in [6, 6.07) is 0. The van der Waals surface area contributed by atoms with Crippen molar-refractivity contribution in [3.05, 3.63) is 0 Å². The molecule has 1 aliphatic rings. The third kappa shape index (κ3) is 4.95. The summed E-state index contributed by atoms with van der Waals surface area (Å²) in [4.78, 5) is 37.7. The lowest BCUT2D eigenvalue weighted by atomic mass is 9.69. The minimum Gasteiger partial charge on any atom is -0.465 e. The first-order valence-electron chi connectivity index (χ1n) is 9.14. The maximum absolute atomic E-state index is 12.8. The first-order chi connectivity index (χ1) is 11.5. The summed E-state index contributed by atoms with van der Waals surface area (Å²) in [5.41, 5.74) is 4.00. The predicted molar refractivity (Wildman–Crippen MR) is 89.9 cm³/mol. The summed E-state index contributed by atoms with van der Waals surface area (Å²) in [6.45, 7) is 3.65. The molecule has 1 fully saturated rings. The highest BCUT2D eigenvalue weighted by Crippen LogP contribution is 2.40. The van der Waals surface area contributed by atoms with Crippen LogP contribution in [0, 0.1) is 11.3 Å². The summed E-state index contributed by atoms with van der Waals surface area (Å²) in [7, 11) is 0. The fraction of sp³-hybridized carbons (Fsp3) is 0.833. The molecule has 2 N–H and O–H groups in total. The molecule has 0 aromatic carbocycles. The van der Waals surface area contributed by atoms with E-state index in [-0.39, 0.29) is 19.6 Å². The van der Waals surface area contributed by atoms with Crippen LogP contribution in [-0.2, 0) is 23.9 Å². The van der Waals surface area contributed by atoms with E-state index in [1.165, 1.54) is 0 Å². The molecule has 1 aliphatic carbocycles. The molecule has 1 rings (SSSR count). The van der Waals surface area contributed by atoms with Crippen molar-refractivity contribution in [2.24, 2.45) is 17.1 Å². The Morgan fingerprint density at radius 3 is 1.79 bits per heavy atom. The van der Waals surface area contributed by atoms with Gasteiger partial charge in [0, 0.05) is 0 Å². The van der Waals surface area contributed by atoms with Gasteiger partial charge in [0.2, 0.25) is 5.91 Å². The largest absolute Gasteiger partial charge is 0.465 e. The minimum atomic E-state index is -1.61. The Hall–Kier alpha value is -1.59. The quantitative estimate of drug-likeness (QED) is 0.613. The average molecular weight is 341 g/mol. The van der Waals surface area contributed by atoms with E-state index < -0.39 is 29.2 Å². The number of carbonyl (C=O) groups is 3. The number of carbonyl (C=O) groups excluding carboxylic acids is 3. The van der Waals surface area contributed by atoms with Crippen LogP contribution in [0.3, 0.4) is 0 Å². The Bertz CT molecular complexity index is 417. The Morgan fingerprint density at radius 1 is 0.875 bits per heavy atom. The second-order valence-corrected chi connectivity index (χ2v) is 6.38. The number of ether oxygens (including phenoxy) is 2. The Kier molecular flexibility index (Phi) is 8.79. The van der Waals surface area contributed by atoms with Gasteiger partial charge >= 0.3 is 11.9 Å². The molecular weight excluding hydrogens is 310 g/mol. The molecule has 0 aromatic rings. The van der Waals surface area contributed by atoms with Crippen LogP contribution in [0.5, 0.6) is 0 Å². The van der Waals surface area contributed by atoms with Crippen LogP contribution in [-0.4, -0.2) is 31.1 Å². The molecule has 1 atom stereocenters. The summed E-state index contributed by atoms with van der Waals surface area (Å²) in [6.07, 6.45) is 7.24. The van der Waals surface area contributed by atoms with Gasteiger partial charge in [0.1, 0.15) is 0 Å². The second-order valence-electron chi connectivity index (χ2n) is 6.38. The Balaban J connectivity index is 3.28. The molecule has 0 aromatic heterocycles. The van der Waals surface area contributed by atoms with Crippen molar-refractivity contribution in [3.8, 4) is 0 Å². The van der Waals surface area contributed by atoms with Crippen molar-refractivity contribution in [1.29, 1.82) is 0 Å². The van der Waals surface area contributed by atoms with Gasteiger partial charge in [-0.25, -0.2) is 0 Å². The zero-order valence-electron chi connectivity index (χ0n) is 15.0. The topological polar surface area (TPSA) is 95.7 Å². The van der Waals surface area contributed by atoms with E-state index in [2.05, 4.69) is 0 Å². The molecule has 6 heteroatoms. The zero-order chi connectivity index (χ0) is 18.0. The van der Waals surface area contributed by atoms with Gasteiger partial charge in [-0.3, -0.25) is 14.4 Å². The van der Waals surface area contributed by atoms with Crippen LogP contribution in [0.1, 0.15) is 71.6 Å². The number of esters is 2. The maximum Gasteiger partial charge on any atom is 0.324 e. The van der Waals surface area contributed by atoms with Gasteiger partial charge in [0.15, 0.2) is 5.41 Å². The van der Waals surface area contributed by atoms with Crippen LogP contribution in [0.15, 0.2) is 0 Å². The molecule has 0 radical (unpaired) electrons. The molecule has 1 unspecified atom stereocenters. The fourth-order valence-electron chi connectivity index (χ4n) is 3.53. The fourth-order valence-corrected chi connectivity index (χ4v) is 3.53. The van der Waals surface area contributed by atoms with Crippen molar-refractivity contribution < 1.29 is 23.9 Å². The minimum absolute atomic E-state index is 0.144. The third-order valence-corrected chi connectivity index (χ3v) is 4.78. The molecule has 0 spiro atoms. The van der Waals surface area contributed by atoms with Crippen LogP contribution in [0.2, 0.25) is 0 Å².